The topological polar surface area (TPSA) is 60.2 Å². The molecule has 0 spiro atoms. The van der Waals surface area contributed by atoms with E-state index in [1.165, 1.54) is 0 Å². The highest BCUT2D eigenvalue weighted by Gasteiger charge is 2.20. The van der Waals surface area contributed by atoms with Crippen LogP contribution in [0.3, 0.4) is 0 Å². The molecule has 3 heterocycles. The van der Waals surface area contributed by atoms with Crippen LogP contribution in [-0.4, -0.2) is 19.4 Å². The van der Waals surface area contributed by atoms with E-state index in [0.29, 0.717) is 28.2 Å². The van der Waals surface area contributed by atoms with Crippen molar-refractivity contribution in [2.75, 3.05) is 0 Å². The molecule has 0 aliphatic heterocycles. The number of nitrogens with zero attached hydrogens (tertiary/aromatic N) is 4. The van der Waals surface area contributed by atoms with E-state index in [2.05, 4.69) is 22.6 Å². The number of pyridine rings is 1. The van der Waals surface area contributed by atoms with Crippen LogP contribution < -0.4 is 5.43 Å². The number of hydrogen-bond donors (Lipinski definition) is 0. The fourth-order valence-corrected chi connectivity index (χ4v) is 5.59. The summed E-state index contributed by atoms with van der Waals surface area (Å²) in [5.41, 5.74) is 5.50. The first kappa shape index (κ1) is 21.6. The third kappa shape index (κ3) is 3.27. The van der Waals surface area contributed by atoms with Gasteiger partial charge in [0, 0.05) is 38.2 Å². The normalized spacial score (nSPS) is 11.7. The highest BCUT2D eigenvalue weighted by molar-refractivity contribution is 6.18. The average molecular weight is 501 g/mol. The van der Waals surface area contributed by atoms with Crippen LogP contribution in [0.5, 0.6) is 0 Å². The summed E-state index contributed by atoms with van der Waals surface area (Å²) in [7, 11) is 0. The second-order valence-electron chi connectivity index (χ2n) is 9.66. The first-order valence-electron chi connectivity index (χ1n) is 12.8. The van der Waals surface area contributed by atoms with E-state index in [0.717, 1.165) is 44.0 Å². The molecule has 0 N–H and O–H groups in total. The molecule has 0 saturated carbocycles. The lowest BCUT2D eigenvalue weighted by molar-refractivity contribution is 1.07. The molecule has 8 aromatic rings. The molecule has 0 amide bonds. The molecule has 0 aliphatic rings. The van der Waals surface area contributed by atoms with E-state index in [-0.39, 0.29) is 5.43 Å². The van der Waals surface area contributed by atoms with E-state index >= 15 is 0 Å². The molecule has 0 fully saturated rings. The Bertz CT molecular complexity index is 2180. The molecule has 0 radical (unpaired) electrons. The van der Waals surface area contributed by atoms with Crippen molar-refractivity contribution in [3.8, 4) is 34.2 Å². The van der Waals surface area contributed by atoms with Gasteiger partial charge in [0.05, 0.1) is 16.6 Å². The van der Waals surface area contributed by atoms with Gasteiger partial charge in [-0.2, -0.15) is 0 Å². The summed E-state index contributed by atoms with van der Waals surface area (Å²) in [6, 6.07) is 40.0. The summed E-state index contributed by atoms with van der Waals surface area (Å²) in [5.74, 6) is 1.71. The quantitative estimate of drug-likeness (QED) is 0.237. The molecule has 0 aliphatic carbocycles. The molecule has 0 unspecified atom stereocenters. The third-order valence-corrected chi connectivity index (χ3v) is 7.36. The number of benzene rings is 5. The number of aromatic nitrogens is 4. The van der Waals surface area contributed by atoms with Crippen molar-refractivity contribution in [3.63, 3.8) is 0 Å². The zero-order valence-corrected chi connectivity index (χ0v) is 20.7. The van der Waals surface area contributed by atoms with Crippen LogP contribution in [0.1, 0.15) is 0 Å². The predicted octanol–water partition coefficient (Wildman–Crippen LogP) is 7.38. The van der Waals surface area contributed by atoms with Gasteiger partial charge in [-0.3, -0.25) is 4.79 Å². The van der Waals surface area contributed by atoms with Gasteiger partial charge < -0.3 is 4.40 Å². The molecule has 5 heteroatoms. The lowest BCUT2D eigenvalue weighted by Crippen LogP contribution is -2.07. The Morgan fingerprint density at radius 3 is 1.51 bits per heavy atom. The number of rotatable bonds is 3. The van der Waals surface area contributed by atoms with Crippen LogP contribution in [0.2, 0.25) is 0 Å². The molecule has 0 saturated heterocycles. The molecular formula is C34H20N4O. The second-order valence-corrected chi connectivity index (χ2v) is 9.66. The second kappa shape index (κ2) is 8.30. The van der Waals surface area contributed by atoms with Crippen molar-refractivity contribution >= 4 is 38.1 Å². The van der Waals surface area contributed by atoms with Gasteiger partial charge in [0.1, 0.15) is 0 Å². The first-order chi connectivity index (χ1) is 19.3. The Morgan fingerprint density at radius 1 is 0.436 bits per heavy atom. The van der Waals surface area contributed by atoms with Gasteiger partial charge >= 0.3 is 0 Å². The van der Waals surface area contributed by atoms with Crippen LogP contribution in [0.4, 0.5) is 0 Å². The molecule has 5 nitrogen and oxygen atoms in total. The summed E-state index contributed by atoms with van der Waals surface area (Å²) in [6.07, 6.45) is 0. The maximum absolute atomic E-state index is 13.9. The van der Waals surface area contributed by atoms with Gasteiger partial charge in [0.25, 0.3) is 0 Å². The van der Waals surface area contributed by atoms with E-state index < -0.39 is 0 Å². The fraction of sp³-hybridized carbons (Fsp3) is 0. The summed E-state index contributed by atoms with van der Waals surface area (Å²) >= 11 is 0. The van der Waals surface area contributed by atoms with Crippen molar-refractivity contribution in [2.24, 2.45) is 0 Å². The molecule has 3 aromatic heterocycles. The maximum Gasteiger partial charge on any atom is 0.197 e. The Morgan fingerprint density at radius 2 is 0.897 bits per heavy atom. The minimum Gasteiger partial charge on any atom is -0.308 e. The highest BCUT2D eigenvalue weighted by atomic mass is 16.1. The highest BCUT2D eigenvalue weighted by Crippen LogP contribution is 2.36. The number of hydrogen-bond acceptors (Lipinski definition) is 4. The lowest BCUT2D eigenvalue weighted by Gasteiger charge is -2.10. The van der Waals surface area contributed by atoms with E-state index in [1.807, 2.05) is 103 Å². The van der Waals surface area contributed by atoms with Gasteiger partial charge in [-0.25, -0.2) is 15.0 Å². The zero-order valence-electron chi connectivity index (χ0n) is 20.7. The Kier molecular flexibility index (Phi) is 4.60. The lowest BCUT2D eigenvalue weighted by atomic mass is 10.0. The molecule has 0 atom stereocenters. The monoisotopic (exact) mass is 500 g/mol. The summed E-state index contributed by atoms with van der Waals surface area (Å²) in [5, 5.41) is 3.43. The SMILES string of the molecule is O=c1c2ccccc2n2c3ccccc3c3cc(-c4nc(-c5ccccc5)nc(-c5ccccc5)n4)cc1c32. The molecule has 0 bridgehead atoms. The van der Waals surface area contributed by atoms with Gasteiger partial charge in [-0.05, 0) is 30.3 Å². The van der Waals surface area contributed by atoms with Crippen LogP contribution >= 0.6 is 0 Å². The Hall–Kier alpha value is -5.42. The van der Waals surface area contributed by atoms with E-state index in [9.17, 15) is 4.79 Å². The van der Waals surface area contributed by atoms with E-state index in [1.54, 1.807) is 0 Å². The van der Waals surface area contributed by atoms with Crippen LogP contribution in [0.25, 0.3) is 72.3 Å². The first-order valence-corrected chi connectivity index (χ1v) is 12.8. The largest absolute Gasteiger partial charge is 0.308 e. The zero-order chi connectivity index (χ0) is 25.9. The van der Waals surface area contributed by atoms with Gasteiger partial charge in [-0.1, -0.05) is 91.0 Å². The van der Waals surface area contributed by atoms with Crippen LogP contribution in [-0.2, 0) is 0 Å². The van der Waals surface area contributed by atoms with E-state index in [4.69, 9.17) is 15.0 Å². The van der Waals surface area contributed by atoms with Crippen molar-refractivity contribution in [3.05, 3.63) is 132 Å². The van der Waals surface area contributed by atoms with Crippen molar-refractivity contribution in [2.45, 2.75) is 0 Å². The molecular weight excluding hydrogens is 480 g/mol. The van der Waals surface area contributed by atoms with Crippen LogP contribution in [0.15, 0.2) is 126 Å². The summed E-state index contributed by atoms with van der Waals surface area (Å²) < 4.78 is 2.21. The third-order valence-electron chi connectivity index (χ3n) is 7.36. The van der Waals surface area contributed by atoms with Crippen molar-refractivity contribution in [1.82, 2.24) is 19.4 Å². The molecule has 5 aromatic carbocycles. The van der Waals surface area contributed by atoms with Gasteiger partial charge in [-0.15, -0.1) is 0 Å². The molecule has 8 rings (SSSR count). The van der Waals surface area contributed by atoms with Crippen molar-refractivity contribution in [1.29, 1.82) is 0 Å². The molecule has 39 heavy (non-hydrogen) atoms. The van der Waals surface area contributed by atoms with Crippen molar-refractivity contribution < 1.29 is 0 Å². The minimum atomic E-state index is 0.00776. The fourth-order valence-electron chi connectivity index (χ4n) is 5.59. The van der Waals surface area contributed by atoms with Crippen LogP contribution in [0, 0.1) is 0 Å². The number of para-hydroxylation sites is 2. The standard InChI is InChI=1S/C34H20N4O/c39-31-25-16-8-10-18-29(25)38-28-17-9-7-15-24(28)26-19-23(20-27(31)30(26)38)34-36-32(21-11-3-1-4-12-21)35-33(37-34)22-13-5-2-6-14-22/h1-20H. The van der Waals surface area contributed by atoms with Gasteiger partial charge in [0.15, 0.2) is 22.9 Å². The minimum absolute atomic E-state index is 0.00776. The Balaban J connectivity index is 1.49. The predicted molar refractivity (Wildman–Crippen MR) is 157 cm³/mol. The summed E-state index contributed by atoms with van der Waals surface area (Å²) in [6.45, 7) is 0. The van der Waals surface area contributed by atoms with Gasteiger partial charge in [0.2, 0.25) is 0 Å². The Labute approximate surface area is 223 Å². The molecule has 182 valence electrons. The summed E-state index contributed by atoms with van der Waals surface area (Å²) in [4.78, 5) is 28.5. The number of fused-ring (bicyclic) bond motifs is 5. The smallest absolute Gasteiger partial charge is 0.197 e. The maximum atomic E-state index is 13.9. The average Bonchev–Trinajstić information content (AvgIpc) is 3.35.